The highest BCUT2D eigenvalue weighted by Gasteiger charge is 2.21. The van der Waals surface area contributed by atoms with Gasteiger partial charge in [-0.25, -0.2) is 0 Å². The van der Waals surface area contributed by atoms with Crippen LogP contribution in [0.25, 0.3) is 0 Å². The third-order valence-corrected chi connectivity index (χ3v) is 2.91. The van der Waals surface area contributed by atoms with E-state index >= 15 is 0 Å². The van der Waals surface area contributed by atoms with Crippen LogP contribution >= 0.6 is 0 Å². The van der Waals surface area contributed by atoms with Crippen LogP contribution in [0.1, 0.15) is 33.1 Å². The number of amides is 1. The van der Waals surface area contributed by atoms with Gasteiger partial charge in [0.1, 0.15) is 0 Å². The lowest BCUT2D eigenvalue weighted by Crippen LogP contribution is -2.37. The van der Waals surface area contributed by atoms with Crippen molar-refractivity contribution in [2.24, 2.45) is 11.8 Å². The van der Waals surface area contributed by atoms with E-state index in [9.17, 15) is 4.79 Å². The average molecular weight is 195 g/mol. The molecular formula is C12H21NO. The first-order valence-electron chi connectivity index (χ1n) is 5.54. The van der Waals surface area contributed by atoms with Crippen molar-refractivity contribution in [1.82, 2.24) is 4.90 Å². The molecule has 1 heterocycles. The summed E-state index contributed by atoms with van der Waals surface area (Å²) in [6, 6.07) is 0. The Hall–Kier alpha value is -0.790. The van der Waals surface area contributed by atoms with Gasteiger partial charge in [0.15, 0.2) is 0 Å². The molecule has 1 rings (SSSR count). The molecular weight excluding hydrogens is 174 g/mol. The van der Waals surface area contributed by atoms with Gasteiger partial charge in [0.2, 0.25) is 5.91 Å². The number of rotatable bonds is 3. The van der Waals surface area contributed by atoms with E-state index in [0.717, 1.165) is 37.8 Å². The van der Waals surface area contributed by atoms with Crippen LogP contribution in [0, 0.1) is 11.8 Å². The Kier molecular flexibility index (Phi) is 4.18. The van der Waals surface area contributed by atoms with Gasteiger partial charge < -0.3 is 4.90 Å². The summed E-state index contributed by atoms with van der Waals surface area (Å²) >= 11 is 0. The van der Waals surface area contributed by atoms with Crippen LogP contribution in [0.5, 0.6) is 0 Å². The Bertz CT molecular complexity index is 202. The van der Waals surface area contributed by atoms with E-state index in [1.165, 1.54) is 12.5 Å². The zero-order valence-electron chi connectivity index (χ0n) is 9.33. The van der Waals surface area contributed by atoms with Gasteiger partial charge in [-0.15, -0.1) is 0 Å². The van der Waals surface area contributed by atoms with Crippen molar-refractivity contribution in [3.8, 4) is 0 Å². The predicted molar refractivity (Wildman–Crippen MR) is 59.0 cm³/mol. The second kappa shape index (κ2) is 5.18. The molecule has 0 spiro atoms. The topological polar surface area (TPSA) is 20.3 Å². The number of carbonyl (C=O) groups is 1. The SMILES string of the molecule is C=CC(=O)N1CCC(CC(C)C)CC1. The molecule has 1 saturated heterocycles. The zero-order chi connectivity index (χ0) is 10.6. The molecule has 1 amide bonds. The first-order valence-corrected chi connectivity index (χ1v) is 5.54. The molecule has 0 radical (unpaired) electrons. The standard InChI is InChI=1S/C12H21NO/c1-4-12(14)13-7-5-11(6-8-13)9-10(2)3/h4,10-11H,1,5-9H2,2-3H3. The molecule has 0 saturated carbocycles. The van der Waals surface area contributed by atoms with Gasteiger partial charge in [0.25, 0.3) is 0 Å². The van der Waals surface area contributed by atoms with Crippen LogP contribution in [0.3, 0.4) is 0 Å². The fraction of sp³-hybridized carbons (Fsp3) is 0.750. The molecule has 0 atom stereocenters. The molecule has 1 aliphatic heterocycles. The minimum atomic E-state index is 0.0907. The molecule has 2 heteroatoms. The molecule has 14 heavy (non-hydrogen) atoms. The van der Waals surface area contributed by atoms with Crippen molar-refractivity contribution in [3.63, 3.8) is 0 Å². The normalized spacial score (nSPS) is 18.6. The Morgan fingerprint density at radius 2 is 2.07 bits per heavy atom. The van der Waals surface area contributed by atoms with E-state index < -0.39 is 0 Å². The van der Waals surface area contributed by atoms with Crippen molar-refractivity contribution in [2.75, 3.05) is 13.1 Å². The van der Waals surface area contributed by atoms with E-state index in [1.807, 2.05) is 4.90 Å². The number of carbonyl (C=O) groups excluding carboxylic acids is 1. The van der Waals surface area contributed by atoms with Crippen LogP contribution in [0.4, 0.5) is 0 Å². The van der Waals surface area contributed by atoms with Gasteiger partial charge in [-0.05, 0) is 37.2 Å². The highest BCUT2D eigenvalue weighted by Crippen LogP contribution is 2.23. The largest absolute Gasteiger partial charge is 0.339 e. The van der Waals surface area contributed by atoms with E-state index in [4.69, 9.17) is 0 Å². The summed E-state index contributed by atoms with van der Waals surface area (Å²) in [4.78, 5) is 13.2. The first kappa shape index (κ1) is 11.3. The summed E-state index contributed by atoms with van der Waals surface area (Å²) < 4.78 is 0. The first-order chi connectivity index (χ1) is 6.63. The molecule has 0 aromatic heterocycles. The Morgan fingerprint density at radius 3 is 2.50 bits per heavy atom. The van der Waals surface area contributed by atoms with Crippen molar-refractivity contribution >= 4 is 5.91 Å². The summed E-state index contributed by atoms with van der Waals surface area (Å²) in [6.07, 6.45) is 5.05. The smallest absolute Gasteiger partial charge is 0.245 e. The van der Waals surface area contributed by atoms with Crippen LogP contribution in [-0.2, 0) is 4.79 Å². The molecule has 0 aliphatic carbocycles. The van der Waals surface area contributed by atoms with Crippen LogP contribution in [0.15, 0.2) is 12.7 Å². The number of likely N-dealkylation sites (tertiary alicyclic amines) is 1. The number of hydrogen-bond acceptors (Lipinski definition) is 1. The van der Waals surface area contributed by atoms with Crippen LogP contribution in [-0.4, -0.2) is 23.9 Å². The quantitative estimate of drug-likeness (QED) is 0.633. The zero-order valence-corrected chi connectivity index (χ0v) is 9.33. The fourth-order valence-corrected chi connectivity index (χ4v) is 2.18. The van der Waals surface area contributed by atoms with E-state index in [-0.39, 0.29) is 5.91 Å². The lowest BCUT2D eigenvalue weighted by atomic mass is 9.88. The van der Waals surface area contributed by atoms with Crippen LogP contribution in [0.2, 0.25) is 0 Å². The molecule has 0 unspecified atom stereocenters. The maximum Gasteiger partial charge on any atom is 0.245 e. The molecule has 2 nitrogen and oxygen atoms in total. The van der Waals surface area contributed by atoms with E-state index in [0.29, 0.717) is 0 Å². The summed E-state index contributed by atoms with van der Waals surface area (Å²) in [5.41, 5.74) is 0. The maximum atomic E-state index is 11.3. The Balaban J connectivity index is 2.31. The number of nitrogens with zero attached hydrogens (tertiary/aromatic N) is 1. The predicted octanol–water partition coefficient (Wildman–Crippen LogP) is 2.46. The van der Waals surface area contributed by atoms with Gasteiger partial charge >= 0.3 is 0 Å². The van der Waals surface area contributed by atoms with Gasteiger partial charge in [-0.1, -0.05) is 20.4 Å². The Morgan fingerprint density at radius 1 is 1.50 bits per heavy atom. The van der Waals surface area contributed by atoms with E-state index in [1.54, 1.807) is 0 Å². The summed E-state index contributed by atoms with van der Waals surface area (Å²) in [5, 5.41) is 0. The third-order valence-electron chi connectivity index (χ3n) is 2.91. The summed E-state index contributed by atoms with van der Waals surface area (Å²) in [5.74, 6) is 1.69. The molecule has 0 aromatic carbocycles. The second-order valence-electron chi connectivity index (χ2n) is 4.60. The highest BCUT2D eigenvalue weighted by molar-refractivity contribution is 5.87. The molecule has 0 aromatic rings. The fourth-order valence-electron chi connectivity index (χ4n) is 2.18. The van der Waals surface area contributed by atoms with Crippen molar-refractivity contribution in [2.45, 2.75) is 33.1 Å². The summed E-state index contributed by atoms with van der Waals surface area (Å²) in [6.45, 7) is 9.88. The van der Waals surface area contributed by atoms with Crippen molar-refractivity contribution in [1.29, 1.82) is 0 Å². The molecule has 0 N–H and O–H groups in total. The number of hydrogen-bond donors (Lipinski definition) is 0. The Labute approximate surface area is 87.0 Å². The minimum absolute atomic E-state index is 0.0907. The minimum Gasteiger partial charge on any atom is -0.339 e. The van der Waals surface area contributed by atoms with Crippen molar-refractivity contribution < 1.29 is 4.79 Å². The molecule has 1 fully saturated rings. The number of piperidine rings is 1. The van der Waals surface area contributed by atoms with Gasteiger partial charge in [0.05, 0.1) is 0 Å². The van der Waals surface area contributed by atoms with Gasteiger partial charge in [0, 0.05) is 13.1 Å². The van der Waals surface area contributed by atoms with Gasteiger partial charge in [-0.3, -0.25) is 4.79 Å². The summed E-state index contributed by atoms with van der Waals surface area (Å²) in [7, 11) is 0. The van der Waals surface area contributed by atoms with E-state index in [2.05, 4.69) is 20.4 Å². The lowest BCUT2D eigenvalue weighted by Gasteiger charge is -2.32. The molecule has 1 aliphatic rings. The molecule has 80 valence electrons. The van der Waals surface area contributed by atoms with Crippen molar-refractivity contribution in [3.05, 3.63) is 12.7 Å². The second-order valence-corrected chi connectivity index (χ2v) is 4.60. The lowest BCUT2D eigenvalue weighted by molar-refractivity contribution is -0.127. The third kappa shape index (κ3) is 3.17. The maximum absolute atomic E-state index is 11.3. The monoisotopic (exact) mass is 195 g/mol. The van der Waals surface area contributed by atoms with Crippen LogP contribution < -0.4 is 0 Å². The average Bonchev–Trinajstić information content (AvgIpc) is 2.17. The highest BCUT2D eigenvalue weighted by atomic mass is 16.2. The van der Waals surface area contributed by atoms with Gasteiger partial charge in [-0.2, -0.15) is 0 Å². The molecule has 0 bridgehead atoms.